The summed E-state index contributed by atoms with van der Waals surface area (Å²) in [6.45, 7) is 14.9. The monoisotopic (exact) mass is 941 g/mol. The second kappa shape index (κ2) is 21.8. The highest BCUT2D eigenvalue weighted by molar-refractivity contribution is 7.13. The number of aliphatic hydroxyl groups is 1. The summed E-state index contributed by atoms with van der Waals surface area (Å²) >= 11 is 7.73. The Balaban J connectivity index is 0.872. The minimum Gasteiger partial charge on any atom is -0.490 e. The average Bonchev–Trinajstić information content (AvgIpc) is 3.90. The van der Waals surface area contributed by atoms with Crippen molar-refractivity contribution in [2.24, 2.45) is 10.8 Å². The molecule has 4 amide bonds. The minimum atomic E-state index is -0.971. The maximum atomic E-state index is 14.0. The molecule has 1 saturated heterocycles. The van der Waals surface area contributed by atoms with Gasteiger partial charge in [-0.15, -0.1) is 11.3 Å². The molecule has 4 aromatic rings. The summed E-state index contributed by atoms with van der Waals surface area (Å²) in [6, 6.07) is 16.0. The van der Waals surface area contributed by atoms with Gasteiger partial charge in [-0.3, -0.25) is 19.2 Å². The number of thiazole rings is 1. The van der Waals surface area contributed by atoms with Gasteiger partial charge in [0.05, 0.1) is 51.0 Å². The number of anilines is 1. The number of hydrogen-bond donors (Lipinski definition) is 6. The SMILES string of the molecule is Cc1ncsc1-c1ccc([C@H](C)NC(=O)[C@@H]2C[C@@H](O)CN2C(=O)[C@@H](NC(=O)COCCNCCNc2ccc(C(=O)N[C@H]3CC(Oc4ccc(C#N)c(Cl)c4)C3(C)C)cn2)C(C)(C)C)cc1. The maximum absolute atomic E-state index is 14.0. The highest BCUT2D eigenvalue weighted by Gasteiger charge is 2.51. The van der Waals surface area contributed by atoms with Gasteiger partial charge in [0.1, 0.15) is 42.4 Å². The van der Waals surface area contributed by atoms with Crippen LogP contribution in [0.1, 0.15) is 87.6 Å². The minimum absolute atomic E-state index is 0.0243. The van der Waals surface area contributed by atoms with Gasteiger partial charge >= 0.3 is 0 Å². The van der Waals surface area contributed by atoms with Gasteiger partial charge in [0.15, 0.2) is 0 Å². The Bertz CT molecular complexity index is 2380. The van der Waals surface area contributed by atoms with Crippen LogP contribution in [0.4, 0.5) is 5.82 Å². The van der Waals surface area contributed by atoms with Gasteiger partial charge in [-0.2, -0.15) is 5.26 Å². The molecule has 1 unspecified atom stereocenters. The lowest BCUT2D eigenvalue weighted by Gasteiger charge is -2.51. The topological polar surface area (TPSA) is 220 Å². The van der Waals surface area contributed by atoms with E-state index in [-0.39, 0.29) is 61.6 Å². The van der Waals surface area contributed by atoms with Crippen LogP contribution in [-0.4, -0.2) is 113 Å². The van der Waals surface area contributed by atoms with E-state index < -0.39 is 35.4 Å². The van der Waals surface area contributed by atoms with Crippen LogP contribution < -0.4 is 31.3 Å². The Morgan fingerprint density at radius 2 is 1.79 bits per heavy atom. The number of aliphatic hydroxyl groups excluding tert-OH is 1. The van der Waals surface area contributed by atoms with Crippen LogP contribution in [0.5, 0.6) is 5.75 Å². The fourth-order valence-electron chi connectivity index (χ4n) is 7.96. The zero-order chi connectivity index (χ0) is 47.8. The van der Waals surface area contributed by atoms with Gasteiger partial charge in [0.2, 0.25) is 17.7 Å². The largest absolute Gasteiger partial charge is 0.490 e. The maximum Gasteiger partial charge on any atom is 0.253 e. The van der Waals surface area contributed by atoms with Crippen molar-refractivity contribution in [3.63, 3.8) is 0 Å². The molecule has 2 aromatic heterocycles. The third-order valence-electron chi connectivity index (χ3n) is 12.2. The van der Waals surface area contributed by atoms with Gasteiger partial charge in [0.25, 0.3) is 5.91 Å². The lowest BCUT2D eigenvalue weighted by Crippen LogP contribution is -2.63. The molecule has 2 aliphatic rings. The number of nitrogens with zero attached hydrogens (tertiary/aromatic N) is 4. The summed E-state index contributed by atoms with van der Waals surface area (Å²) in [5.41, 5.74) is 4.48. The van der Waals surface area contributed by atoms with Gasteiger partial charge in [-0.25, -0.2) is 9.97 Å². The molecule has 1 aliphatic carbocycles. The zero-order valence-corrected chi connectivity index (χ0v) is 40.0. The lowest BCUT2D eigenvalue weighted by atomic mass is 9.64. The van der Waals surface area contributed by atoms with Crippen LogP contribution >= 0.6 is 22.9 Å². The number of rotatable bonds is 19. The van der Waals surface area contributed by atoms with E-state index in [2.05, 4.69) is 36.6 Å². The molecule has 16 nitrogen and oxygen atoms in total. The molecule has 6 N–H and O–H groups in total. The van der Waals surface area contributed by atoms with Crippen molar-refractivity contribution in [3.8, 4) is 22.3 Å². The molecule has 352 valence electrons. The average molecular weight is 943 g/mol. The van der Waals surface area contributed by atoms with E-state index in [1.807, 2.05) is 84.3 Å². The van der Waals surface area contributed by atoms with Crippen LogP contribution in [0.3, 0.4) is 0 Å². The van der Waals surface area contributed by atoms with Crippen molar-refractivity contribution in [1.82, 2.24) is 36.1 Å². The first-order valence-corrected chi connectivity index (χ1v) is 23.4. The number of likely N-dealkylation sites (tertiary alicyclic amines) is 1. The zero-order valence-electron chi connectivity index (χ0n) is 38.4. The van der Waals surface area contributed by atoms with Crippen LogP contribution in [-0.2, 0) is 19.1 Å². The standard InChI is InChI=1S/C48H60ClN9O7S/c1-28(30-8-10-31(11-9-30)42-29(2)54-27-66-42)55-45(62)37-20-34(59)25-58(37)46(63)43(47(3,4)5)57-41(60)26-64-19-18-51-16-17-52-40-15-13-33(24-53-40)44(61)56-38-22-39(48(38,6)7)65-35-14-12-32(23-50)36(49)21-35/h8-15,21,24,27-28,34,37-39,43,51,59H,16-20,22,25-26H2,1-7H3,(H,52,53)(H,55,62)(H,56,61)(H,57,60)/t28-,34+,37-,38-,39?,43+/m0/s1. The highest BCUT2D eigenvalue weighted by Crippen LogP contribution is 2.43. The number of pyridine rings is 1. The number of benzene rings is 2. The molecular weight excluding hydrogens is 882 g/mol. The van der Waals surface area contributed by atoms with Crippen molar-refractivity contribution in [3.05, 3.63) is 93.7 Å². The first-order chi connectivity index (χ1) is 31.3. The number of carbonyl (C=O) groups is 4. The summed E-state index contributed by atoms with van der Waals surface area (Å²) in [5, 5.41) is 35.4. The quantitative estimate of drug-likeness (QED) is 0.0651. The Labute approximate surface area is 395 Å². The van der Waals surface area contributed by atoms with E-state index >= 15 is 0 Å². The number of β-amino-alcohol motifs (C(OH)–C–C–N with tert-alkyl or cyclic N) is 1. The molecular formula is C48H60ClN9O7S. The van der Waals surface area contributed by atoms with E-state index in [4.69, 9.17) is 26.3 Å². The Morgan fingerprint density at radius 3 is 2.42 bits per heavy atom. The Kier molecular flexibility index (Phi) is 16.4. The van der Waals surface area contributed by atoms with Gasteiger partial charge in [-0.05, 0) is 54.7 Å². The number of nitriles is 1. The number of hydrogen-bond acceptors (Lipinski definition) is 13. The second-order valence-electron chi connectivity index (χ2n) is 18.5. The van der Waals surface area contributed by atoms with E-state index in [0.29, 0.717) is 53.8 Å². The Morgan fingerprint density at radius 1 is 1.03 bits per heavy atom. The summed E-state index contributed by atoms with van der Waals surface area (Å²) in [6.07, 6.45) is 1.21. The molecule has 0 bridgehead atoms. The fraction of sp³-hybridized carbons (Fsp3) is 0.479. The number of aryl methyl sites for hydroxylation is 1. The van der Waals surface area contributed by atoms with Gasteiger partial charge in [-0.1, -0.05) is 70.5 Å². The summed E-state index contributed by atoms with van der Waals surface area (Å²) in [7, 11) is 0. The van der Waals surface area contributed by atoms with E-state index in [0.717, 1.165) is 21.7 Å². The summed E-state index contributed by atoms with van der Waals surface area (Å²) < 4.78 is 11.7. The van der Waals surface area contributed by atoms with Crippen molar-refractivity contribution in [2.75, 3.05) is 44.7 Å². The number of amides is 4. The molecule has 3 heterocycles. The van der Waals surface area contributed by atoms with Crippen LogP contribution in [0.2, 0.25) is 5.02 Å². The molecule has 0 radical (unpaired) electrons. The summed E-state index contributed by atoms with van der Waals surface area (Å²) in [5.74, 6) is -0.340. The molecule has 2 aromatic carbocycles. The van der Waals surface area contributed by atoms with Crippen LogP contribution in [0.25, 0.3) is 10.4 Å². The number of ether oxygens (including phenoxy) is 2. The number of aromatic nitrogens is 2. The number of nitrogens with one attached hydrogen (secondary N) is 5. The van der Waals surface area contributed by atoms with Crippen molar-refractivity contribution in [1.29, 1.82) is 5.26 Å². The molecule has 6 rings (SSSR count). The second-order valence-corrected chi connectivity index (χ2v) is 19.7. The number of carbonyl (C=O) groups excluding carboxylic acids is 4. The molecule has 1 aliphatic heterocycles. The Hall–Kier alpha value is -5.64. The lowest BCUT2D eigenvalue weighted by molar-refractivity contribution is -0.144. The number of halogens is 1. The van der Waals surface area contributed by atoms with E-state index in [1.54, 1.807) is 41.7 Å². The van der Waals surface area contributed by atoms with Crippen molar-refractivity contribution < 1.29 is 33.8 Å². The fourth-order valence-corrected chi connectivity index (χ4v) is 8.98. The van der Waals surface area contributed by atoms with E-state index in [9.17, 15) is 24.3 Å². The van der Waals surface area contributed by atoms with Crippen LogP contribution in [0.15, 0.2) is 66.3 Å². The molecule has 1 saturated carbocycles. The highest BCUT2D eigenvalue weighted by atomic mass is 35.5. The molecule has 2 fully saturated rings. The first kappa shape index (κ1) is 49.8. The summed E-state index contributed by atoms with van der Waals surface area (Å²) in [4.78, 5) is 64.9. The van der Waals surface area contributed by atoms with Crippen molar-refractivity contribution >= 4 is 52.4 Å². The molecule has 0 spiro atoms. The predicted molar refractivity (Wildman–Crippen MR) is 253 cm³/mol. The van der Waals surface area contributed by atoms with E-state index in [1.165, 1.54) is 11.1 Å². The molecule has 6 atom stereocenters. The van der Waals surface area contributed by atoms with Crippen LogP contribution in [0, 0.1) is 29.1 Å². The van der Waals surface area contributed by atoms with Crippen molar-refractivity contribution in [2.45, 2.75) is 97.7 Å². The first-order valence-electron chi connectivity index (χ1n) is 22.1. The molecule has 18 heteroatoms. The van der Waals surface area contributed by atoms with Gasteiger partial charge in [0, 0.05) is 62.7 Å². The predicted octanol–water partition coefficient (Wildman–Crippen LogP) is 5.40. The molecule has 66 heavy (non-hydrogen) atoms. The smallest absolute Gasteiger partial charge is 0.253 e. The normalized spacial score (nSPS) is 19.7. The van der Waals surface area contributed by atoms with Gasteiger partial charge < -0.3 is 46.1 Å². The third kappa shape index (κ3) is 12.4. The third-order valence-corrected chi connectivity index (χ3v) is 13.5.